The van der Waals surface area contributed by atoms with Crippen molar-refractivity contribution in [3.8, 4) is 11.5 Å². The number of anilines is 1. The average Bonchev–Trinajstić information content (AvgIpc) is 3.52. The lowest BCUT2D eigenvalue weighted by atomic mass is 9.94. The van der Waals surface area contributed by atoms with Crippen LogP contribution in [0.1, 0.15) is 41.6 Å². The first-order valence-electron chi connectivity index (χ1n) is 11.9. The molecule has 0 spiro atoms. The molecule has 2 amide bonds. The number of rotatable bonds is 5. The summed E-state index contributed by atoms with van der Waals surface area (Å²) in [6.07, 6.45) is 4.48. The van der Waals surface area contributed by atoms with Gasteiger partial charge in [-0.1, -0.05) is 30.5 Å². The molecule has 1 unspecified atom stereocenters. The van der Waals surface area contributed by atoms with Crippen LogP contribution < -0.4 is 14.8 Å². The number of hydrogen-bond acceptors (Lipinski definition) is 5. The van der Waals surface area contributed by atoms with Crippen LogP contribution >= 0.6 is 0 Å². The van der Waals surface area contributed by atoms with Gasteiger partial charge in [-0.2, -0.15) is 0 Å². The maximum Gasteiger partial charge on any atom is 0.253 e. The van der Waals surface area contributed by atoms with Crippen LogP contribution in [-0.4, -0.2) is 60.6 Å². The van der Waals surface area contributed by atoms with Crippen LogP contribution in [-0.2, 0) is 4.79 Å². The minimum Gasteiger partial charge on any atom is -0.454 e. The molecule has 2 aromatic carbocycles. The largest absolute Gasteiger partial charge is 0.454 e. The summed E-state index contributed by atoms with van der Waals surface area (Å²) in [5, 5.41) is 3.11. The number of ether oxygens (including phenoxy) is 2. The third-order valence-corrected chi connectivity index (χ3v) is 7.05. The number of hydrogen-bond donors (Lipinski definition) is 1. The van der Waals surface area contributed by atoms with Crippen LogP contribution in [0.5, 0.6) is 11.5 Å². The first-order chi connectivity index (χ1) is 16.1. The van der Waals surface area contributed by atoms with Crippen LogP contribution in [0.3, 0.4) is 0 Å². The molecular formula is C26H31N3O4. The number of benzene rings is 2. The quantitative estimate of drug-likeness (QED) is 0.754. The van der Waals surface area contributed by atoms with Crippen LogP contribution in [0.15, 0.2) is 42.5 Å². The molecule has 174 valence electrons. The molecule has 0 radical (unpaired) electrons. The van der Waals surface area contributed by atoms with Crippen molar-refractivity contribution in [2.75, 3.05) is 38.3 Å². The van der Waals surface area contributed by atoms with Gasteiger partial charge in [0.15, 0.2) is 11.5 Å². The lowest BCUT2D eigenvalue weighted by molar-refractivity contribution is -0.123. The molecule has 1 aliphatic carbocycles. The summed E-state index contributed by atoms with van der Waals surface area (Å²) in [6.45, 7) is 4.90. The Balaban J connectivity index is 1.26. The molecule has 1 N–H and O–H groups in total. The van der Waals surface area contributed by atoms with E-state index in [4.69, 9.17) is 9.47 Å². The fourth-order valence-corrected chi connectivity index (χ4v) is 5.22. The van der Waals surface area contributed by atoms with Crippen molar-refractivity contribution >= 4 is 17.5 Å². The number of aryl methyl sites for hydroxylation is 1. The number of nitrogens with one attached hydrogen (secondary N) is 1. The summed E-state index contributed by atoms with van der Waals surface area (Å²) >= 11 is 0. The number of carbonyl (C=O) groups excluding carboxylic acids is 2. The van der Waals surface area contributed by atoms with Gasteiger partial charge in [-0.05, 0) is 49.9 Å². The summed E-state index contributed by atoms with van der Waals surface area (Å²) in [5.41, 5.74) is 2.59. The van der Waals surface area contributed by atoms with Crippen LogP contribution in [0.4, 0.5) is 5.69 Å². The summed E-state index contributed by atoms with van der Waals surface area (Å²) < 4.78 is 10.8. The van der Waals surface area contributed by atoms with Gasteiger partial charge in [0.1, 0.15) is 0 Å². The van der Waals surface area contributed by atoms with E-state index in [0.29, 0.717) is 43.6 Å². The Kier molecular flexibility index (Phi) is 6.22. The monoisotopic (exact) mass is 449 g/mol. The summed E-state index contributed by atoms with van der Waals surface area (Å²) in [5.74, 6) is 1.80. The molecule has 2 heterocycles. The van der Waals surface area contributed by atoms with Crippen molar-refractivity contribution in [2.45, 2.75) is 38.6 Å². The first kappa shape index (κ1) is 21.8. The third-order valence-electron chi connectivity index (χ3n) is 7.05. The maximum absolute atomic E-state index is 13.5. The highest BCUT2D eigenvalue weighted by Crippen LogP contribution is 2.35. The highest BCUT2D eigenvalue weighted by molar-refractivity contribution is 5.96. The molecule has 2 fully saturated rings. The number of fused-ring (bicyclic) bond motifs is 1. The maximum atomic E-state index is 13.5. The Hall–Kier alpha value is -3.06. The van der Waals surface area contributed by atoms with E-state index in [2.05, 4.69) is 10.2 Å². The topological polar surface area (TPSA) is 71.1 Å². The predicted molar refractivity (Wildman–Crippen MR) is 126 cm³/mol. The molecule has 33 heavy (non-hydrogen) atoms. The second kappa shape index (κ2) is 9.43. The highest BCUT2D eigenvalue weighted by Gasteiger charge is 2.37. The Bertz CT molecular complexity index is 1010. The van der Waals surface area contributed by atoms with Crippen molar-refractivity contribution < 1.29 is 19.1 Å². The molecule has 5 rings (SSSR count). The minimum atomic E-state index is -0.186. The van der Waals surface area contributed by atoms with E-state index in [0.717, 1.165) is 29.7 Å². The summed E-state index contributed by atoms with van der Waals surface area (Å²) in [7, 11) is 0. The number of carbonyl (C=O) groups is 2. The van der Waals surface area contributed by atoms with E-state index in [1.165, 1.54) is 12.8 Å². The van der Waals surface area contributed by atoms with Crippen molar-refractivity contribution in [1.82, 2.24) is 9.80 Å². The number of amides is 2. The Labute approximate surface area is 194 Å². The van der Waals surface area contributed by atoms with Gasteiger partial charge >= 0.3 is 0 Å². The molecule has 1 atom stereocenters. The Morgan fingerprint density at radius 1 is 0.939 bits per heavy atom. The van der Waals surface area contributed by atoms with Crippen molar-refractivity contribution in [3.05, 3.63) is 53.6 Å². The van der Waals surface area contributed by atoms with E-state index in [9.17, 15) is 9.59 Å². The summed E-state index contributed by atoms with van der Waals surface area (Å²) in [4.78, 5) is 30.6. The molecule has 1 saturated heterocycles. The summed E-state index contributed by atoms with van der Waals surface area (Å²) in [6, 6.07) is 13.1. The Morgan fingerprint density at radius 2 is 1.64 bits per heavy atom. The van der Waals surface area contributed by atoms with Gasteiger partial charge < -0.3 is 19.7 Å². The highest BCUT2D eigenvalue weighted by atomic mass is 16.7. The van der Waals surface area contributed by atoms with Crippen LogP contribution in [0, 0.1) is 12.8 Å². The SMILES string of the molecule is Cc1ccc(C(=O)N2CCN(C(C(=O)Nc3ccc4c(c3)OCO4)C3CCCC3)CC2)cc1. The average molecular weight is 450 g/mol. The van der Waals surface area contributed by atoms with Crippen molar-refractivity contribution in [2.24, 2.45) is 5.92 Å². The second-order valence-electron chi connectivity index (χ2n) is 9.24. The van der Waals surface area contributed by atoms with Crippen molar-refractivity contribution in [3.63, 3.8) is 0 Å². The molecular weight excluding hydrogens is 418 g/mol. The van der Waals surface area contributed by atoms with Crippen LogP contribution in [0.2, 0.25) is 0 Å². The fraction of sp³-hybridized carbons (Fsp3) is 0.462. The zero-order valence-corrected chi connectivity index (χ0v) is 19.1. The van der Waals surface area contributed by atoms with E-state index in [-0.39, 0.29) is 24.6 Å². The lowest BCUT2D eigenvalue weighted by Crippen LogP contribution is -2.56. The van der Waals surface area contributed by atoms with Gasteiger partial charge in [-0.25, -0.2) is 0 Å². The number of piperazine rings is 1. The van der Waals surface area contributed by atoms with Gasteiger partial charge in [0.2, 0.25) is 12.7 Å². The molecule has 0 aromatic heterocycles. The predicted octanol–water partition coefficient (Wildman–Crippen LogP) is 3.68. The van der Waals surface area contributed by atoms with Crippen LogP contribution in [0.25, 0.3) is 0 Å². The van der Waals surface area contributed by atoms with Gasteiger partial charge in [0, 0.05) is 43.5 Å². The zero-order valence-electron chi connectivity index (χ0n) is 19.1. The molecule has 7 nitrogen and oxygen atoms in total. The van der Waals surface area contributed by atoms with Crippen molar-refractivity contribution in [1.29, 1.82) is 0 Å². The molecule has 1 saturated carbocycles. The second-order valence-corrected chi connectivity index (χ2v) is 9.24. The third kappa shape index (κ3) is 4.69. The zero-order chi connectivity index (χ0) is 22.8. The molecule has 7 heteroatoms. The smallest absolute Gasteiger partial charge is 0.253 e. The van der Waals surface area contributed by atoms with E-state index in [1.54, 1.807) is 0 Å². The van der Waals surface area contributed by atoms with Gasteiger partial charge in [-0.3, -0.25) is 14.5 Å². The molecule has 2 aromatic rings. The normalized spacial score (nSPS) is 19.5. The standard InChI is InChI=1S/C26H31N3O4/c1-18-6-8-20(9-7-18)26(31)29-14-12-28(13-15-29)24(19-4-2-3-5-19)25(30)27-21-10-11-22-23(16-21)33-17-32-22/h6-11,16,19,24H,2-5,12-15,17H2,1H3,(H,27,30). The molecule has 2 aliphatic heterocycles. The lowest BCUT2D eigenvalue weighted by Gasteiger charge is -2.40. The first-order valence-corrected chi connectivity index (χ1v) is 11.9. The van der Waals surface area contributed by atoms with Gasteiger partial charge in [0.05, 0.1) is 6.04 Å². The van der Waals surface area contributed by atoms with Gasteiger partial charge in [-0.15, -0.1) is 0 Å². The molecule has 3 aliphatic rings. The van der Waals surface area contributed by atoms with E-state index >= 15 is 0 Å². The Morgan fingerprint density at radius 3 is 2.36 bits per heavy atom. The minimum absolute atomic E-state index is 0.0269. The van der Waals surface area contributed by atoms with Gasteiger partial charge in [0.25, 0.3) is 5.91 Å². The fourth-order valence-electron chi connectivity index (χ4n) is 5.22. The van der Waals surface area contributed by atoms with E-state index < -0.39 is 0 Å². The van der Waals surface area contributed by atoms with E-state index in [1.807, 2.05) is 54.3 Å². The number of nitrogens with zero attached hydrogens (tertiary/aromatic N) is 2. The molecule has 0 bridgehead atoms.